The molecule has 1 N–H and O–H groups in total. The third kappa shape index (κ3) is 3.87. The van der Waals surface area contributed by atoms with E-state index in [0.717, 1.165) is 24.1 Å². The van der Waals surface area contributed by atoms with Crippen LogP contribution in [0.2, 0.25) is 0 Å². The maximum absolute atomic E-state index is 9.04. The van der Waals surface area contributed by atoms with E-state index in [9.17, 15) is 0 Å². The van der Waals surface area contributed by atoms with Gasteiger partial charge in [-0.25, -0.2) is 0 Å². The fraction of sp³-hybridized carbons (Fsp3) is 0.273. The molecule has 0 aliphatic carbocycles. The van der Waals surface area contributed by atoms with Crippen molar-refractivity contribution in [2.45, 2.75) is 25.8 Å². The SMILES string of the molecule is C[C@H](NC(=c1ccc(=C(C#N)C#N)cc1)N1CCCC1)c1ccccc1. The molecule has 4 nitrogen and oxygen atoms in total. The average molecular weight is 342 g/mol. The van der Waals surface area contributed by atoms with Gasteiger partial charge < -0.3 is 10.2 Å². The Morgan fingerprint density at radius 1 is 0.923 bits per heavy atom. The Hall–Kier alpha value is -3.24. The topological polar surface area (TPSA) is 62.9 Å². The van der Waals surface area contributed by atoms with Crippen LogP contribution in [0.1, 0.15) is 31.4 Å². The molecule has 0 aromatic heterocycles. The lowest BCUT2D eigenvalue weighted by molar-refractivity contribution is 0.443. The molecule has 130 valence electrons. The summed E-state index contributed by atoms with van der Waals surface area (Å²) in [5.41, 5.74) is 1.38. The van der Waals surface area contributed by atoms with Crippen LogP contribution in [0, 0.1) is 22.7 Å². The van der Waals surface area contributed by atoms with Crippen LogP contribution in [0.5, 0.6) is 0 Å². The first-order valence-corrected chi connectivity index (χ1v) is 8.94. The Labute approximate surface area is 154 Å². The summed E-state index contributed by atoms with van der Waals surface area (Å²) in [5, 5.41) is 23.5. The predicted molar refractivity (Wildman–Crippen MR) is 103 cm³/mol. The highest BCUT2D eigenvalue weighted by Gasteiger charge is 2.17. The van der Waals surface area contributed by atoms with Gasteiger partial charge in [-0.1, -0.05) is 54.6 Å². The van der Waals surface area contributed by atoms with Crippen LogP contribution in [0.4, 0.5) is 0 Å². The van der Waals surface area contributed by atoms with Crippen LogP contribution in [0.3, 0.4) is 0 Å². The number of nitriles is 2. The van der Waals surface area contributed by atoms with Crippen LogP contribution >= 0.6 is 0 Å². The summed E-state index contributed by atoms with van der Waals surface area (Å²) in [6.45, 7) is 4.25. The van der Waals surface area contributed by atoms with Crippen LogP contribution in [-0.2, 0) is 0 Å². The molecule has 0 spiro atoms. The number of benzene rings is 2. The molecule has 1 fully saturated rings. The molecule has 2 aromatic carbocycles. The molecule has 3 rings (SSSR count). The van der Waals surface area contributed by atoms with Crippen LogP contribution in [-0.4, -0.2) is 18.0 Å². The van der Waals surface area contributed by atoms with Crippen molar-refractivity contribution in [2.24, 2.45) is 0 Å². The second-order valence-electron chi connectivity index (χ2n) is 6.50. The molecule has 1 atom stereocenters. The fourth-order valence-corrected chi connectivity index (χ4v) is 3.28. The van der Waals surface area contributed by atoms with Gasteiger partial charge in [0.1, 0.15) is 23.5 Å². The highest BCUT2D eigenvalue weighted by Crippen LogP contribution is 2.18. The number of likely N-dealkylation sites (tertiary alicyclic amines) is 1. The number of hydrogen-bond acceptors (Lipinski definition) is 4. The fourth-order valence-electron chi connectivity index (χ4n) is 3.28. The van der Waals surface area contributed by atoms with E-state index in [4.69, 9.17) is 10.5 Å². The molecule has 1 heterocycles. The van der Waals surface area contributed by atoms with Gasteiger partial charge in [0.15, 0.2) is 0 Å². The summed E-state index contributed by atoms with van der Waals surface area (Å²) in [6, 6.07) is 22.2. The largest absolute Gasteiger partial charge is 0.365 e. The summed E-state index contributed by atoms with van der Waals surface area (Å²) in [7, 11) is 0. The Kier molecular flexibility index (Phi) is 5.56. The summed E-state index contributed by atoms with van der Waals surface area (Å²) in [4.78, 5) is 2.38. The van der Waals surface area contributed by atoms with Crippen molar-refractivity contribution in [3.05, 3.63) is 70.6 Å². The molecule has 1 aliphatic rings. The molecule has 1 saturated heterocycles. The molecule has 0 saturated carbocycles. The summed E-state index contributed by atoms with van der Waals surface area (Å²) < 4.78 is 0. The van der Waals surface area contributed by atoms with E-state index in [2.05, 4.69) is 41.4 Å². The van der Waals surface area contributed by atoms with Crippen molar-refractivity contribution in [2.75, 3.05) is 13.1 Å². The minimum Gasteiger partial charge on any atom is -0.365 e. The maximum Gasteiger partial charge on any atom is 0.136 e. The van der Waals surface area contributed by atoms with E-state index in [1.54, 1.807) is 0 Å². The lowest BCUT2D eigenvalue weighted by Crippen LogP contribution is -2.35. The molecule has 0 radical (unpaired) electrons. The zero-order chi connectivity index (χ0) is 18.4. The molecule has 26 heavy (non-hydrogen) atoms. The van der Waals surface area contributed by atoms with Gasteiger partial charge >= 0.3 is 0 Å². The van der Waals surface area contributed by atoms with E-state index in [0.29, 0.717) is 5.22 Å². The normalized spacial score (nSPS) is 14.2. The van der Waals surface area contributed by atoms with E-state index in [1.165, 1.54) is 18.4 Å². The van der Waals surface area contributed by atoms with Gasteiger partial charge in [-0.3, -0.25) is 0 Å². The van der Waals surface area contributed by atoms with Crippen molar-refractivity contribution >= 4 is 11.4 Å². The highest BCUT2D eigenvalue weighted by molar-refractivity contribution is 5.72. The third-order valence-electron chi connectivity index (χ3n) is 4.75. The van der Waals surface area contributed by atoms with Crippen molar-refractivity contribution in [1.82, 2.24) is 10.2 Å². The lowest BCUT2D eigenvalue weighted by Gasteiger charge is -2.27. The molecule has 2 aromatic rings. The maximum atomic E-state index is 9.04. The Bertz CT molecular complexity index is 918. The van der Waals surface area contributed by atoms with Crippen molar-refractivity contribution < 1.29 is 0 Å². The smallest absolute Gasteiger partial charge is 0.136 e. The van der Waals surface area contributed by atoms with Crippen molar-refractivity contribution in [3.8, 4) is 12.1 Å². The first-order chi connectivity index (χ1) is 12.7. The molecule has 0 amide bonds. The number of hydrogen-bond donors (Lipinski definition) is 1. The Morgan fingerprint density at radius 2 is 1.50 bits per heavy atom. The Balaban J connectivity index is 2.01. The van der Waals surface area contributed by atoms with E-state index < -0.39 is 0 Å². The predicted octanol–water partition coefficient (Wildman–Crippen LogP) is 2.40. The molecule has 0 bridgehead atoms. The number of rotatable bonds is 4. The summed E-state index contributed by atoms with van der Waals surface area (Å²) >= 11 is 0. The first kappa shape index (κ1) is 17.6. The standard InChI is InChI=1S/C22H22N4/c1-17(18-7-3-2-4-8-18)25-22(26-13-5-6-14-26)20-11-9-19(10-12-20)21(15-23)16-24/h2-4,7-12,17,25H,5-6,13-14H2,1H3/t17-/m0/s1. The molecule has 1 aliphatic heterocycles. The van der Waals surface area contributed by atoms with Gasteiger partial charge in [0.2, 0.25) is 0 Å². The second-order valence-corrected chi connectivity index (χ2v) is 6.50. The van der Waals surface area contributed by atoms with Crippen LogP contribution < -0.4 is 15.8 Å². The first-order valence-electron chi connectivity index (χ1n) is 8.94. The van der Waals surface area contributed by atoms with Crippen LogP contribution in [0.15, 0.2) is 54.6 Å². The van der Waals surface area contributed by atoms with Gasteiger partial charge in [-0.2, -0.15) is 10.5 Å². The lowest BCUT2D eigenvalue weighted by atomic mass is 10.1. The van der Waals surface area contributed by atoms with Gasteiger partial charge in [0.25, 0.3) is 0 Å². The van der Waals surface area contributed by atoms with Gasteiger partial charge in [-0.15, -0.1) is 0 Å². The zero-order valence-electron chi connectivity index (χ0n) is 14.9. The van der Waals surface area contributed by atoms with E-state index >= 15 is 0 Å². The van der Waals surface area contributed by atoms with Crippen molar-refractivity contribution in [3.63, 3.8) is 0 Å². The van der Waals surface area contributed by atoms with Gasteiger partial charge in [0, 0.05) is 29.6 Å². The molecule has 4 heteroatoms. The zero-order valence-corrected chi connectivity index (χ0v) is 14.9. The van der Waals surface area contributed by atoms with Gasteiger partial charge in [0.05, 0.1) is 0 Å². The number of nitrogens with zero attached hydrogens (tertiary/aromatic N) is 3. The second kappa shape index (κ2) is 8.23. The van der Waals surface area contributed by atoms with E-state index in [-0.39, 0.29) is 11.6 Å². The van der Waals surface area contributed by atoms with E-state index in [1.807, 2.05) is 42.5 Å². The third-order valence-corrected chi connectivity index (χ3v) is 4.75. The minimum atomic E-state index is 0.143. The quantitative estimate of drug-likeness (QED) is 0.927. The average Bonchev–Trinajstić information content (AvgIpc) is 3.23. The van der Waals surface area contributed by atoms with Crippen LogP contribution in [0.25, 0.3) is 11.4 Å². The Morgan fingerprint density at radius 3 is 2.08 bits per heavy atom. The molecular formula is C22H22N4. The minimum absolute atomic E-state index is 0.143. The number of nitrogens with one attached hydrogen (secondary N) is 1. The van der Waals surface area contributed by atoms with Crippen molar-refractivity contribution in [1.29, 1.82) is 10.5 Å². The molecular weight excluding hydrogens is 320 g/mol. The summed E-state index contributed by atoms with van der Waals surface area (Å²) in [5.74, 6) is 1.11. The summed E-state index contributed by atoms with van der Waals surface area (Å²) in [6.07, 6.45) is 2.40. The van der Waals surface area contributed by atoms with Gasteiger partial charge in [-0.05, 0) is 25.3 Å². The highest BCUT2D eigenvalue weighted by atomic mass is 15.3. The monoisotopic (exact) mass is 342 g/mol. The molecule has 0 unspecified atom stereocenters.